The van der Waals surface area contributed by atoms with E-state index in [1.54, 1.807) is 7.11 Å². The Kier molecular flexibility index (Phi) is 7.50. The van der Waals surface area contributed by atoms with Gasteiger partial charge in [-0.1, -0.05) is 12.1 Å². The van der Waals surface area contributed by atoms with Crippen molar-refractivity contribution in [2.24, 2.45) is 0 Å². The van der Waals surface area contributed by atoms with Crippen LogP contribution in [0.1, 0.15) is 40.2 Å². The maximum absolute atomic E-state index is 12.3. The largest absolute Gasteiger partial charge is 0.497 e. The molecule has 0 aromatic heterocycles. The summed E-state index contributed by atoms with van der Waals surface area (Å²) in [6.07, 6.45) is 1.18. The molecule has 0 bridgehead atoms. The number of methoxy groups -OCH3 is 1. The first-order valence-electron chi connectivity index (χ1n) is 9.77. The lowest BCUT2D eigenvalue weighted by molar-refractivity contribution is -0.0947. The van der Waals surface area contributed by atoms with Crippen molar-refractivity contribution in [3.63, 3.8) is 0 Å². The van der Waals surface area contributed by atoms with Crippen LogP contribution in [-0.2, 0) is 11.2 Å². The van der Waals surface area contributed by atoms with E-state index in [0.29, 0.717) is 6.54 Å². The third kappa shape index (κ3) is 6.70. The van der Waals surface area contributed by atoms with Crippen LogP contribution in [0.3, 0.4) is 0 Å². The van der Waals surface area contributed by atoms with Gasteiger partial charge in [-0.05, 0) is 58.7 Å². The van der Waals surface area contributed by atoms with Gasteiger partial charge in [0.25, 0.3) is 0 Å². The first-order valence-corrected chi connectivity index (χ1v) is 9.77. The van der Waals surface area contributed by atoms with E-state index >= 15 is 0 Å². The molecule has 6 heteroatoms. The predicted octanol–water partition coefficient (Wildman–Crippen LogP) is 2.81. The van der Waals surface area contributed by atoms with Crippen molar-refractivity contribution in [2.45, 2.75) is 64.8 Å². The summed E-state index contributed by atoms with van der Waals surface area (Å²) in [6.45, 7) is 12.9. The van der Waals surface area contributed by atoms with Crippen molar-refractivity contribution < 1.29 is 14.3 Å². The number of hydrogen-bond donors (Lipinski definition) is 2. The van der Waals surface area contributed by atoms with Crippen LogP contribution in [-0.4, -0.2) is 61.5 Å². The number of carbonyl (C=O) groups is 1. The van der Waals surface area contributed by atoms with Crippen LogP contribution < -0.4 is 15.4 Å². The molecule has 6 nitrogen and oxygen atoms in total. The molecule has 3 unspecified atom stereocenters. The van der Waals surface area contributed by atoms with Gasteiger partial charge in [-0.25, -0.2) is 4.79 Å². The zero-order chi connectivity index (χ0) is 20.0. The van der Waals surface area contributed by atoms with Crippen molar-refractivity contribution in [1.29, 1.82) is 0 Å². The number of ether oxygens (including phenoxy) is 2. The molecule has 2 rings (SSSR count). The van der Waals surface area contributed by atoms with Crippen LogP contribution in [0.15, 0.2) is 24.3 Å². The van der Waals surface area contributed by atoms with Gasteiger partial charge in [-0.2, -0.15) is 0 Å². The Morgan fingerprint density at radius 2 is 2.00 bits per heavy atom. The van der Waals surface area contributed by atoms with Gasteiger partial charge in [0.05, 0.1) is 19.3 Å². The number of amides is 2. The van der Waals surface area contributed by atoms with Crippen LogP contribution in [0.5, 0.6) is 5.75 Å². The Labute approximate surface area is 163 Å². The molecule has 2 amide bonds. The van der Waals surface area contributed by atoms with Gasteiger partial charge in [0.1, 0.15) is 5.75 Å². The molecule has 1 aliphatic rings. The number of nitrogens with zero attached hydrogens (tertiary/aromatic N) is 1. The van der Waals surface area contributed by atoms with Crippen LogP contribution in [0, 0.1) is 0 Å². The van der Waals surface area contributed by atoms with Crippen molar-refractivity contribution >= 4 is 6.03 Å². The SMILES string of the molecule is COc1cccc(CC(C)NC(=O)NCC(C)(C)N2CC(C)OC(C)C2)c1. The van der Waals surface area contributed by atoms with E-state index in [4.69, 9.17) is 9.47 Å². The summed E-state index contributed by atoms with van der Waals surface area (Å²) in [5, 5.41) is 6.06. The Balaban J connectivity index is 1.80. The fourth-order valence-corrected chi connectivity index (χ4v) is 3.56. The fraction of sp³-hybridized carbons (Fsp3) is 0.667. The summed E-state index contributed by atoms with van der Waals surface area (Å²) in [5.41, 5.74) is 1.01. The number of urea groups is 1. The molecule has 0 spiro atoms. The van der Waals surface area contributed by atoms with Crippen molar-refractivity contribution in [3.05, 3.63) is 29.8 Å². The molecule has 0 aliphatic carbocycles. The lowest BCUT2D eigenvalue weighted by Gasteiger charge is -2.45. The van der Waals surface area contributed by atoms with E-state index < -0.39 is 0 Å². The molecule has 1 aliphatic heterocycles. The second kappa shape index (κ2) is 9.42. The van der Waals surface area contributed by atoms with Gasteiger partial charge in [0.15, 0.2) is 0 Å². The molecule has 1 saturated heterocycles. The highest BCUT2D eigenvalue weighted by Crippen LogP contribution is 2.20. The summed E-state index contributed by atoms with van der Waals surface area (Å²) in [7, 11) is 1.66. The molecule has 0 saturated carbocycles. The normalized spacial score (nSPS) is 22.1. The molecule has 0 radical (unpaired) electrons. The third-order valence-corrected chi connectivity index (χ3v) is 5.01. The van der Waals surface area contributed by atoms with E-state index in [0.717, 1.165) is 30.8 Å². The minimum Gasteiger partial charge on any atom is -0.497 e. The molecule has 2 N–H and O–H groups in total. The minimum absolute atomic E-state index is 0.0312. The maximum Gasteiger partial charge on any atom is 0.315 e. The van der Waals surface area contributed by atoms with Crippen molar-refractivity contribution in [1.82, 2.24) is 15.5 Å². The Morgan fingerprint density at radius 3 is 2.63 bits per heavy atom. The maximum atomic E-state index is 12.3. The highest BCUT2D eigenvalue weighted by molar-refractivity contribution is 5.74. The highest BCUT2D eigenvalue weighted by Gasteiger charge is 2.33. The first-order chi connectivity index (χ1) is 12.7. The van der Waals surface area contributed by atoms with Crippen LogP contribution in [0.4, 0.5) is 4.79 Å². The summed E-state index contributed by atoms with van der Waals surface area (Å²) in [6, 6.07) is 7.83. The van der Waals surface area contributed by atoms with Crippen molar-refractivity contribution in [2.75, 3.05) is 26.7 Å². The van der Waals surface area contributed by atoms with Gasteiger partial charge >= 0.3 is 6.03 Å². The lowest BCUT2D eigenvalue weighted by Crippen LogP contribution is -2.59. The van der Waals surface area contributed by atoms with E-state index in [2.05, 4.69) is 43.2 Å². The molecule has 1 heterocycles. The second-order valence-electron chi connectivity index (χ2n) is 8.26. The van der Waals surface area contributed by atoms with Gasteiger partial charge < -0.3 is 20.1 Å². The van der Waals surface area contributed by atoms with Gasteiger partial charge in [-0.15, -0.1) is 0 Å². The van der Waals surface area contributed by atoms with Crippen LogP contribution in [0.25, 0.3) is 0 Å². The highest BCUT2D eigenvalue weighted by atomic mass is 16.5. The third-order valence-electron chi connectivity index (χ3n) is 5.01. The lowest BCUT2D eigenvalue weighted by atomic mass is 10.00. The smallest absolute Gasteiger partial charge is 0.315 e. The van der Waals surface area contributed by atoms with E-state index in [9.17, 15) is 4.79 Å². The van der Waals surface area contributed by atoms with Gasteiger partial charge in [-0.3, -0.25) is 4.90 Å². The number of morpholine rings is 1. The summed E-state index contributed by atoms with van der Waals surface area (Å²) < 4.78 is 11.1. The predicted molar refractivity (Wildman–Crippen MR) is 108 cm³/mol. The molecule has 152 valence electrons. The monoisotopic (exact) mass is 377 g/mol. The zero-order valence-corrected chi connectivity index (χ0v) is 17.5. The molecule has 3 atom stereocenters. The molecular weight excluding hydrogens is 342 g/mol. The fourth-order valence-electron chi connectivity index (χ4n) is 3.56. The molecular formula is C21H35N3O3. The standard InChI is InChI=1S/C21H35N3O3/c1-15(10-18-8-7-9-19(11-18)26-6)23-20(25)22-14-21(4,5)24-12-16(2)27-17(3)13-24/h7-9,11,15-17H,10,12-14H2,1-6H3,(H2,22,23,25). The van der Waals surface area contributed by atoms with E-state index in [1.807, 2.05) is 31.2 Å². The molecule has 1 fully saturated rings. The molecule has 27 heavy (non-hydrogen) atoms. The van der Waals surface area contributed by atoms with Crippen LogP contribution in [0.2, 0.25) is 0 Å². The average molecular weight is 378 g/mol. The number of hydrogen-bond acceptors (Lipinski definition) is 4. The average Bonchev–Trinajstić information content (AvgIpc) is 2.59. The van der Waals surface area contributed by atoms with E-state index in [-0.39, 0.29) is 29.8 Å². The first kappa shape index (κ1) is 21.5. The van der Waals surface area contributed by atoms with E-state index in [1.165, 1.54) is 0 Å². The number of carbonyl (C=O) groups excluding carboxylic acids is 1. The quantitative estimate of drug-likeness (QED) is 0.767. The Hall–Kier alpha value is -1.79. The number of rotatable bonds is 7. The van der Waals surface area contributed by atoms with Crippen molar-refractivity contribution in [3.8, 4) is 5.75 Å². The topological polar surface area (TPSA) is 62.8 Å². The summed E-state index contributed by atoms with van der Waals surface area (Å²) in [5.74, 6) is 0.833. The van der Waals surface area contributed by atoms with Gasteiger partial charge in [0.2, 0.25) is 0 Å². The minimum atomic E-state index is -0.132. The summed E-state index contributed by atoms with van der Waals surface area (Å²) in [4.78, 5) is 14.7. The molecule has 1 aromatic carbocycles. The number of benzene rings is 1. The zero-order valence-electron chi connectivity index (χ0n) is 17.5. The number of nitrogens with one attached hydrogen (secondary N) is 2. The van der Waals surface area contributed by atoms with Crippen LogP contribution >= 0.6 is 0 Å². The Morgan fingerprint density at radius 1 is 1.33 bits per heavy atom. The molecule has 1 aromatic rings. The van der Waals surface area contributed by atoms with Gasteiger partial charge in [0, 0.05) is 31.2 Å². The Bertz CT molecular complexity index is 610. The summed E-state index contributed by atoms with van der Waals surface area (Å²) >= 11 is 0. The second-order valence-corrected chi connectivity index (χ2v) is 8.26.